The van der Waals surface area contributed by atoms with E-state index in [1.54, 1.807) is 53.7 Å². The molecule has 38 heavy (non-hydrogen) atoms. The molecule has 1 N–H and O–H groups in total. The third kappa shape index (κ3) is 5.60. The van der Waals surface area contributed by atoms with Crippen LogP contribution in [-0.2, 0) is 26.1 Å². The number of nitrogens with zero attached hydrogens (tertiary/aromatic N) is 1. The van der Waals surface area contributed by atoms with Gasteiger partial charge in [0, 0.05) is 4.88 Å². The molecule has 7 nitrogen and oxygen atoms in total. The molecule has 2 atom stereocenters. The van der Waals surface area contributed by atoms with E-state index in [2.05, 4.69) is 5.32 Å². The SMILES string of the molecule is CC(C)(C)OC(=O)N[C@H](c1cccs1)C1(Cc2ccccc2)C(=O)N(C(=O)OC(C)(C)C)c2ccccc21. The van der Waals surface area contributed by atoms with Crippen LogP contribution in [0.15, 0.2) is 72.1 Å². The summed E-state index contributed by atoms with van der Waals surface area (Å²) in [5.41, 5.74) is -0.939. The van der Waals surface area contributed by atoms with Gasteiger partial charge in [-0.3, -0.25) is 4.79 Å². The van der Waals surface area contributed by atoms with Crippen molar-refractivity contribution in [1.82, 2.24) is 5.32 Å². The van der Waals surface area contributed by atoms with Crippen molar-refractivity contribution in [2.75, 3.05) is 4.90 Å². The molecule has 0 bridgehead atoms. The Kier molecular flexibility index (Phi) is 7.39. The molecule has 200 valence electrons. The van der Waals surface area contributed by atoms with E-state index in [0.29, 0.717) is 11.3 Å². The molecule has 3 amide bonds. The lowest BCUT2D eigenvalue weighted by Gasteiger charge is -2.37. The minimum absolute atomic E-state index is 0.237. The second-order valence-corrected chi connectivity index (χ2v) is 12.3. The van der Waals surface area contributed by atoms with Crippen LogP contribution >= 0.6 is 11.3 Å². The first-order valence-electron chi connectivity index (χ1n) is 12.6. The Morgan fingerprint density at radius 3 is 2.13 bits per heavy atom. The number of ether oxygens (including phenoxy) is 2. The van der Waals surface area contributed by atoms with Gasteiger partial charge >= 0.3 is 12.2 Å². The molecule has 0 aliphatic carbocycles. The first-order chi connectivity index (χ1) is 17.8. The molecular formula is C30H34N2O5S. The quantitative estimate of drug-likeness (QED) is 0.390. The van der Waals surface area contributed by atoms with Crippen molar-refractivity contribution in [3.63, 3.8) is 0 Å². The largest absolute Gasteiger partial charge is 0.444 e. The molecule has 3 aromatic rings. The normalized spacial score (nSPS) is 18.1. The van der Waals surface area contributed by atoms with E-state index >= 15 is 0 Å². The van der Waals surface area contributed by atoms with Gasteiger partial charge in [0.15, 0.2) is 0 Å². The minimum atomic E-state index is -1.35. The third-order valence-electron chi connectivity index (χ3n) is 6.09. The van der Waals surface area contributed by atoms with Crippen LogP contribution in [0.2, 0.25) is 0 Å². The predicted octanol–water partition coefficient (Wildman–Crippen LogP) is 6.78. The average Bonchev–Trinajstić information content (AvgIpc) is 3.42. The summed E-state index contributed by atoms with van der Waals surface area (Å²) in [7, 11) is 0. The maximum absolute atomic E-state index is 14.7. The van der Waals surface area contributed by atoms with E-state index in [0.717, 1.165) is 15.3 Å². The highest BCUT2D eigenvalue weighted by Crippen LogP contribution is 2.52. The Balaban J connectivity index is 1.93. The van der Waals surface area contributed by atoms with Crippen molar-refractivity contribution in [3.8, 4) is 0 Å². The van der Waals surface area contributed by atoms with Gasteiger partial charge in [0.2, 0.25) is 5.91 Å². The molecule has 2 aromatic carbocycles. The number of imide groups is 1. The average molecular weight is 535 g/mol. The number of para-hydroxylation sites is 1. The van der Waals surface area contributed by atoms with Gasteiger partial charge in [-0.05, 0) is 76.6 Å². The minimum Gasteiger partial charge on any atom is -0.444 e. The number of hydrogen-bond acceptors (Lipinski definition) is 6. The number of thiophene rings is 1. The standard InChI is InChI=1S/C30H34N2O5S/c1-28(2,3)36-26(34)31-24(23-17-12-18-38-23)30(19-20-13-8-7-9-14-20)21-15-10-11-16-22(21)32(25(30)33)27(35)37-29(4,5)6/h7-18,24H,19H2,1-6H3,(H,31,34)/t24-,30?/m1/s1. The lowest BCUT2D eigenvalue weighted by Crippen LogP contribution is -2.53. The molecule has 4 rings (SSSR count). The van der Waals surface area contributed by atoms with E-state index in [-0.39, 0.29) is 6.42 Å². The molecule has 0 spiro atoms. The number of hydrogen-bond donors (Lipinski definition) is 1. The number of benzene rings is 2. The lowest BCUT2D eigenvalue weighted by atomic mass is 9.70. The zero-order chi connectivity index (χ0) is 27.7. The van der Waals surface area contributed by atoms with E-state index in [9.17, 15) is 14.4 Å². The van der Waals surface area contributed by atoms with Crippen molar-refractivity contribution in [2.24, 2.45) is 0 Å². The van der Waals surface area contributed by atoms with Crippen molar-refractivity contribution in [2.45, 2.75) is 70.6 Å². The fraction of sp³-hybridized carbons (Fsp3) is 0.367. The summed E-state index contributed by atoms with van der Waals surface area (Å²) in [5, 5.41) is 4.90. The molecule has 1 aromatic heterocycles. The molecular weight excluding hydrogens is 500 g/mol. The van der Waals surface area contributed by atoms with Gasteiger partial charge in [0.25, 0.3) is 0 Å². The van der Waals surface area contributed by atoms with Crippen LogP contribution in [0.4, 0.5) is 15.3 Å². The van der Waals surface area contributed by atoms with Crippen molar-refractivity contribution >= 4 is 35.1 Å². The summed E-state index contributed by atoms with van der Waals surface area (Å²) in [4.78, 5) is 43.2. The number of nitrogens with one attached hydrogen (secondary N) is 1. The Bertz CT molecular complexity index is 1310. The third-order valence-corrected chi connectivity index (χ3v) is 7.03. The zero-order valence-corrected chi connectivity index (χ0v) is 23.4. The van der Waals surface area contributed by atoms with Crippen LogP contribution in [0.25, 0.3) is 0 Å². The smallest absolute Gasteiger partial charge is 0.421 e. The highest BCUT2D eigenvalue weighted by Gasteiger charge is 2.59. The Labute approximate surface area is 227 Å². The fourth-order valence-electron chi connectivity index (χ4n) is 4.75. The maximum Gasteiger partial charge on any atom is 0.421 e. The molecule has 1 unspecified atom stereocenters. The molecule has 1 aliphatic rings. The summed E-state index contributed by atoms with van der Waals surface area (Å²) in [6, 6.07) is 19.7. The summed E-state index contributed by atoms with van der Waals surface area (Å²) in [6.07, 6.45) is -1.17. The van der Waals surface area contributed by atoms with Crippen molar-refractivity contribution in [3.05, 3.63) is 88.1 Å². The van der Waals surface area contributed by atoms with Crippen LogP contribution in [-0.4, -0.2) is 29.3 Å². The number of carbonyl (C=O) groups excluding carboxylic acids is 3. The van der Waals surface area contributed by atoms with Gasteiger partial charge in [-0.1, -0.05) is 54.6 Å². The van der Waals surface area contributed by atoms with Crippen LogP contribution in [0, 0.1) is 0 Å². The van der Waals surface area contributed by atoms with Crippen LogP contribution < -0.4 is 10.2 Å². The van der Waals surface area contributed by atoms with Crippen LogP contribution in [0.5, 0.6) is 0 Å². The first kappa shape index (κ1) is 27.4. The van der Waals surface area contributed by atoms with Gasteiger partial charge in [0.05, 0.1) is 11.7 Å². The van der Waals surface area contributed by atoms with Crippen LogP contribution in [0.1, 0.15) is 63.6 Å². The number of carbonyl (C=O) groups is 3. The second-order valence-electron chi connectivity index (χ2n) is 11.4. The molecule has 1 aliphatic heterocycles. The van der Waals surface area contributed by atoms with Crippen molar-refractivity contribution < 1.29 is 23.9 Å². The zero-order valence-electron chi connectivity index (χ0n) is 22.6. The molecule has 0 saturated heterocycles. The highest BCUT2D eigenvalue weighted by atomic mass is 32.1. The fourth-order valence-corrected chi connectivity index (χ4v) is 5.61. The number of alkyl carbamates (subject to hydrolysis) is 1. The topological polar surface area (TPSA) is 84.9 Å². The van der Waals surface area contributed by atoms with Gasteiger partial charge in [0.1, 0.15) is 16.6 Å². The van der Waals surface area contributed by atoms with E-state index < -0.39 is 40.8 Å². The number of rotatable bonds is 5. The van der Waals surface area contributed by atoms with E-state index in [1.807, 2.05) is 60.0 Å². The highest BCUT2D eigenvalue weighted by molar-refractivity contribution is 7.10. The maximum atomic E-state index is 14.7. The monoisotopic (exact) mass is 534 g/mol. The van der Waals surface area contributed by atoms with Crippen LogP contribution in [0.3, 0.4) is 0 Å². The lowest BCUT2D eigenvalue weighted by molar-refractivity contribution is -0.124. The second kappa shape index (κ2) is 10.3. The van der Waals surface area contributed by atoms with Crippen molar-refractivity contribution in [1.29, 1.82) is 0 Å². The van der Waals surface area contributed by atoms with Gasteiger partial charge in [-0.25, -0.2) is 14.5 Å². The Hall–Kier alpha value is -3.65. The summed E-state index contributed by atoms with van der Waals surface area (Å²) >= 11 is 1.43. The number of amides is 3. The van der Waals surface area contributed by atoms with E-state index in [1.165, 1.54) is 11.3 Å². The van der Waals surface area contributed by atoms with Gasteiger partial charge in [-0.2, -0.15) is 0 Å². The Morgan fingerprint density at radius 1 is 0.895 bits per heavy atom. The summed E-state index contributed by atoms with van der Waals surface area (Å²) < 4.78 is 11.3. The molecule has 0 fully saturated rings. The number of anilines is 1. The molecule has 8 heteroatoms. The predicted molar refractivity (Wildman–Crippen MR) is 148 cm³/mol. The molecule has 0 saturated carbocycles. The summed E-state index contributed by atoms with van der Waals surface area (Å²) in [5.74, 6) is -0.466. The Morgan fingerprint density at radius 2 is 1.53 bits per heavy atom. The number of fused-ring (bicyclic) bond motifs is 1. The first-order valence-corrected chi connectivity index (χ1v) is 13.4. The van der Waals surface area contributed by atoms with Gasteiger partial charge in [-0.15, -0.1) is 11.3 Å². The molecule has 2 heterocycles. The summed E-state index contributed by atoms with van der Waals surface area (Å²) in [6.45, 7) is 10.6. The van der Waals surface area contributed by atoms with Gasteiger partial charge < -0.3 is 14.8 Å². The molecule has 0 radical (unpaired) electrons. The van der Waals surface area contributed by atoms with E-state index in [4.69, 9.17) is 9.47 Å².